The van der Waals surface area contributed by atoms with Gasteiger partial charge in [0.05, 0.1) is 20.1 Å². The molecule has 0 aliphatic carbocycles. The Labute approximate surface area is 211 Å². The number of amides is 3. The summed E-state index contributed by atoms with van der Waals surface area (Å²) in [6, 6.07) is 7.35. The Kier molecular flexibility index (Phi) is 11.6. The lowest BCUT2D eigenvalue weighted by atomic mass is 10.0. The van der Waals surface area contributed by atoms with Crippen molar-refractivity contribution in [3.05, 3.63) is 54.6 Å². The van der Waals surface area contributed by atoms with E-state index in [-0.39, 0.29) is 32.0 Å². The number of hydrogen-bond acceptors (Lipinski definition) is 6. The molecule has 0 fully saturated rings. The molecular formula is C25H37N6O5+. The van der Waals surface area contributed by atoms with E-state index < -0.39 is 35.8 Å². The van der Waals surface area contributed by atoms with Crippen molar-refractivity contribution in [1.82, 2.24) is 20.5 Å². The quantitative estimate of drug-likeness (QED) is 0.197. The number of nitrogens with two attached hydrogens (primary N) is 1. The van der Waals surface area contributed by atoms with Crippen LogP contribution in [0.3, 0.4) is 0 Å². The van der Waals surface area contributed by atoms with Crippen molar-refractivity contribution in [3.8, 4) is 0 Å². The molecule has 0 aliphatic rings. The van der Waals surface area contributed by atoms with E-state index in [2.05, 4.69) is 16.0 Å². The molecule has 11 nitrogen and oxygen atoms in total. The minimum Gasteiger partial charge on any atom is -0.460 e. The lowest BCUT2D eigenvalue weighted by Gasteiger charge is -2.24. The Morgan fingerprint density at radius 1 is 1.06 bits per heavy atom. The third-order valence-electron chi connectivity index (χ3n) is 5.29. The third-order valence-corrected chi connectivity index (χ3v) is 5.29. The van der Waals surface area contributed by atoms with Crippen LogP contribution in [0, 0.1) is 5.92 Å². The van der Waals surface area contributed by atoms with E-state index >= 15 is 0 Å². The van der Waals surface area contributed by atoms with Gasteiger partial charge in [-0.25, -0.2) is 13.9 Å². The molecule has 3 amide bonds. The van der Waals surface area contributed by atoms with Crippen LogP contribution in [0.2, 0.25) is 0 Å². The summed E-state index contributed by atoms with van der Waals surface area (Å²) in [7, 11) is 1.90. The number of carbonyl (C=O) groups is 4. The number of benzene rings is 1. The first-order valence-electron chi connectivity index (χ1n) is 12.0. The fourth-order valence-electron chi connectivity index (χ4n) is 3.50. The molecule has 0 saturated heterocycles. The first kappa shape index (κ1) is 28.5. The second-order valence-corrected chi connectivity index (χ2v) is 8.97. The summed E-state index contributed by atoms with van der Waals surface area (Å²) < 4.78 is 9.21. The van der Waals surface area contributed by atoms with Gasteiger partial charge in [0.25, 0.3) is 0 Å². The van der Waals surface area contributed by atoms with Crippen LogP contribution in [-0.4, -0.2) is 60.0 Å². The van der Waals surface area contributed by atoms with Crippen LogP contribution in [0.15, 0.2) is 49.1 Å². The smallest absolute Gasteiger partial charge is 0.328 e. The number of esters is 1. The zero-order valence-electron chi connectivity index (χ0n) is 21.1. The molecule has 0 bridgehead atoms. The Bertz CT molecular complexity index is 1010. The normalized spacial score (nSPS) is 12.5. The van der Waals surface area contributed by atoms with Crippen LogP contribution < -0.4 is 26.3 Å². The van der Waals surface area contributed by atoms with Gasteiger partial charge in [-0.3, -0.25) is 14.4 Å². The fourth-order valence-corrected chi connectivity index (χ4v) is 3.50. The number of aromatic nitrogens is 2. The topological polar surface area (TPSA) is 148 Å². The number of carbonyl (C=O) groups excluding carboxylic acids is 4. The number of rotatable bonds is 14. The van der Waals surface area contributed by atoms with Gasteiger partial charge in [0.15, 0.2) is 0 Å². The largest absolute Gasteiger partial charge is 0.460 e. The van der Waals surface area contributed by atoms with Crippen molar-refractivity contribution in [2.75, 3.05) is 19.7 Å². The minimum absolute atomic E-state index is 0.111. The molecule has 36 heavy (non-hydrogen) atoms. The average Bonchev–Trinajstić information content (AvgIpc) is 3.26. The van der Waals surface area contributed by atoms with E-state index in [1.807, 2.05) is 79.1 Å². The van der Waals surface area contributed by atoms with Gasteiger partial charge in [0, 0.05) is 6.42 Å². The molecule has 0 radical (unpaired) electrons. The molecule has 0 aliphatic heterocycles. The van der Waals surface area contributed by atoms with E-state index in [9.17, 15) is 19.2 Å². The number of aryl methyl sites for hydroxylation is 1. The molecule has 1 aromatic carbocycles. The highest BCUT2D eigenvalue weighted by Gasteiger charge is 2.28. The molecule has 0 unspecified atom stereocenters. The summed E-state index contributed by atoms with van der Waals surface area (Å²) in [6.45, 7) is 3.95. The van der Waals surface area contributed by atoms with Gasteiger partial charge in [-0.1, -0.05) is 44.2 Å². The van der Waals surface area contributed by atoms with Gasteiger partial charge in [-0.2, -0.15) is 0 Å². The van der Waals surface area contributed by atoms with Gasteiger partial charge in [0.1, 0.15) is 37.6 Å². The Morgan fingerprint density at radius 3 is 2.39 bits per heavy atom. The van der Waals surface area contributed by atoms with Crippen LogP contribution in [0.4, 0.5) is 0 Å². The summed E-state index contributed by atoms with van der Waals surface area (Å²) >= 11 is 0. The van der Waals surface area contributed by atoms with Crippen molar-refractivity contribution in [2.45, 2.75) is 45.3 Å². The maximum Gasteiger partial charge on any atom is 0.328 e. The standard InChI is InChI=1S/C25H36N6O5/c1-18(2)13-21(25(35)36-12-11-31-10-9-30(3)17-31)29-24(34)20(14-19-7-5-4-6-8-19)28-23(33)16-27-22(32)15-26/h4-10,17-18,20-21H,11-16,26H2,1-3H3,(H2-,27,28,29,32,33,34)/p+1/t20-,21-/m0/s1. The Hall–Kier alpha value is -3.73. The molecule has 2 rings (SSSR count). The third kappa shape index (κ3) is 10.3. The predicted molar refractivity (Wildman–Crippen MR) is 132 cm³/mol. The molecule has 5 N–H and O–H groups in total. The summed E-state index contributed by atoms with van der Waals surface area (Å²) in [4.78, 5) is 49.8. The highest BCUT2D eigenvalue weighted by atomic mass is 16.5. The summed E-state index contributed by atoms with van der Waals surface area (Å²) in [5, 5.41) is 7.78. The molecule has 1 heterocycles. The van der Waals surface area contributed by atoms with E-state index in [0.29, 0.717) is 13.0 Å². The molecular weight excluding hydrogens is 464 g/mol. The van der Waals surface area contributed by atoms with E-state index in [0.717, 1.165) is 5.56 Å². The molecule has 2 atom stereocenters. The van der Waals surface area contributed by atoms with Crippen LogP contribution in [0.1, 0.15) is 25.8 Å². The van der Waals surface area contributed by atoms with Crippen molar-refractivity contribution in [1.29, 1.82) is 0 Å². The van der Waals surface area contributed by atoms with E-state index in [1.165, 1.54) is 0 Å². The second-order valence-electron chi connectivity index (χ2n) is 8.97. The number of nitrogens with zero attached hydrogens (tertiary/aromatic N) is 2. The minimum atomic E-state index is -0.961. The van der Waals surface area contributed by atoms with Gasteiger partial charge in [0.2, 0.25) is 24.0 Å². The number of nitrogens with one attached hydrogen (secondary N) is 3. The van der Waals surface area contributed by atoms with Crippen molar-refractivity contribution < 1.29 is 28.5 Å². The van der Waals surface area contributed by atoms with Crippen molar-refractivity contribution in [2.24, 2.45) is 18.7 Å². The van der Waals surface area contributed by atoms with Gasteiger partial charge >= 0.3 is 5.97 Å². The number of ether oxygens (including phenoxy) is 1. The highest BCUT2D eigenvalue weighted by molar-refractivity contribution is 5.92. The van der Waals surface area contributed by atoms with Crippen LogP contribution >= 0.6 is 0 Å². The summed E-state index contributed by atoms with van der Waals surface area (Å²) in [5.74, 6) is -1.97. The number of hydrogen-bond donors (Lipinski definition) is 4. The maximum atomic E-state index is 13.2. The molecule has 2 aromatic rings. The maximum absolute atomic E-state index is 13.2. The monoisotopic (exact) mass is 501 g/mol. The van der Waals surface area contributed by atoms with Crippen molar-refractivity contribution >= 4 is 23.7 Å². The van der Waals surface area contributed by atoms with E-state index in [1.54, 1.807) is 0 Å². The van der Waals surface area contributed by atoms with Crippen molar-refractivity contribution in [3.63, 3.8) is 0 Å². The van der Waals surface area contributed by atoms with Crippen LogP contribution in [-0.2, 0) is 43.9 Å². The summed E-state index contributed by atoms with van der Waals surface area (Å²) in [5.41, 5.74) is 6.07. The van der Waals surface area contributed by atoms with Gasteiger partial charge in [-0.15, -0.1) is 0 Å². The SMILES string of the molecule is CC(C)C[C@H](NC(=O)[C@H](Cc1ccccc1)NC(=O)CNC(=O)CN)C(=O)OCCn1cc[n+](C)c1. The Morgan fingerprint density at radius 2 is 1.78 bits per heavy atom. The van der Waals surface area contributed by atoms with Gasteiger partial charge in [-0.05, 0) is 17.9 Å². The van der Waals surface area contributed by atoms with Crippen LogP contribution in [0.5, 0.6) is 0 Å². The lowest BCUT2D eigenvalue weighted by Crippen LogP contribution is -2.54. The highest BCUT2D eigenvalue weighted by Crippen LogP contribution is 2.09. The molecule has 11 heteroatoms. The first-order chi connectivity index (χ1) is 17.2. The first-order valence-corrected chi connectivity index (χ1v) is 12.0. The number of imidazole rings is 1. The Balaban J connectivity index is 2.05. The second kappa shape index (κ2) is 14.6. The predicted octanol–water partition coefficient (Wildman–Crippen LogP) is -0.811. The molecule has 0 spiro atoms. The molecule has 0 saturated carbocycles. The fraction of sp³-hybridized carbons (Fsp3) is 0.480. The van der Waals surface area contributed by atoms with Crippen LogP contribution in [0.25, 0.3) is 0 Å². The molecule has 1 aromatic heterocycles. The zero-order chi connectivity index (χ0) is 26.5. The summed E-state index contributed by atoms with van der Waals surface area (Å²) in [6.07, 6.45) is 6.20. The molecule has 196 valence electrons. The van der Waals surface area contributed by atoms with Gasteiger partial charge < -0.3 is 26.4 Å². The van der Waals surface area contributed by atoms with E-state index in [4.69, 9.17) is 10.5 Å². The zero-order valence-corrected chi connectivity index (χ0v) is 21.1. The lowest BCUT2D eigenvalue weighted by molar-refractivity contribution is -0.671. The average molecular weight is 502 g/mol.